The predicted molar refractivity (Wildman–Crippen MR) is 171 cm³/mol. The van der Waals surface area contributed by atoms with Gasteiger partial charge in [0.25, 0.3) is 11.8 Å². The van der Waals surface area contributed by atoms with Gasteiger partial charge in [0.15, 0.2) is 0 Å². The van der Waals surface area contributed by atoms with Crippen LogP contribution in [0.25, 0.3) is 6.08 Å². The van der Waals surface area contributed by atoms with Crippen molar-refractivity contribution in [3.05, 3.63) is 130 Å². The Balaban J connectivity index is 1.50. The molecule has 0 aliphatic carbocycles. The lowest BCUT2D eigenvalue weighted by atomic mass is 10.1. The van der Waals surface area contributed by atoms with Gasteiger partial charge >= 0.3 is 0 Å². The zero-order valence-electron chi connectivity index (χ0n) is 22.7. The lowest BCUT2D eigenvalue weighted by Crippen LogP contribution is -2.30. The van der Waals surface area contributed by atoms with Crippen LogP contribution in [0.2, 0.25) is 0 Å². The van der Waals surface area contributed by atoms with E-state index in [1.165, 1.54) is 11.8 Å². The number of anilines is 2. The van der Waals surface area contributed by atoms with E-state index < -0.39 is 5.91 Å². The molecule has 1 atom stereocenters. The molecule has 4 aromatic rings. The van der Waals surface area contributed by atoms with Gasteiger partial charge in [-0.05, 0) is 79.1 Å². The molecule has 6 nitrogen and oxygen atoms in total. The minimum Gasteiger partial charge on any atom is -0.325 e. The number of aryl methyl sites for hydroxylation is 1. The third-order valence-corrected chi connectivity index (χ3v) is 8.03. The fraction of sp³-hybridized carbons (Fsp3) is 0.121. The molecule has 0 radical (unpaired) electrons. The number of hydrogen-bond donors (Lipinski definition) is 3. The smallest absolute Gasteiger partial charge is 0.272 e. The van der Waals surface area contributed by atoms with Crippen LogP contribution in [0.3, 0.4) is 0 Å². The summed E-state index contributed by atoms with van der Waals surface area (Å²) in [7, 11) is 0. The first-order valence-corrected chi connectivity index (χ1v) is 14.8. The number of nitrogens with one attached hydrogen (secondary N) is 3. The molecule has 3 amide bonds. The Morgan fingerprint density at radius 3 is 2.27 bits per heavy atom. The molecular formula is C33H30BrN3O3S. The number of rotatable bonds is 10. The highest BCUT2D eigenvalue weighted by atomic mass is 79.9. The van der Waals surface area contributed by atoms with E-state index in [1.807, 2.05) is 86.6 Å². The highest BCUT2D eigenvalue weighted by Gasteiger charge is 2.20. The summed E-state index contributed by atoms with van der Waals surface area (Å²) in [4.78, 5) is 40.2. The normalized spacial score (nSPS) is 11.8. The second-order valence-corrected chi connectivity index (χ2v) is 11.4. The number of benzene rings is 4. The number of amides is 3. The molecule has 8 heteroatoms. The first-order chi connectivity index (χ1) is 19.8. The molecule has 41 heavy (non-hydrogen) atoms. The summed E-state index contributed by atoms with van der Waals surface area (Å²) in [6.45, 7) is 3.92. The second-order valence-electron chi connectivity index (χ2n) is 9.23. The Kier molecular flexibility index (Phi) is 10.5. The van der Waals surface area contributed by atoms with E-state index in [0.717, 1.165) is 26.2 Å². The monoisotopic (exact) mass is 627 g/mol. The van der Waals surface area contributed by atoms with Crippen LogP contribution >= 0.6 is 27.7 Å². The van der Waals surface area contributed by atoms with E-state index in [4.69, 9.17) is 0 Å². The molecule has 0 aliphatic rings. The van der Waals surface area contributed by atoms with Crippen molar-refractivity contribution in [3.63, 3.8) is 0 Å². The van der Waals surface area contributed by atoms with Gasteiger partial charge in [0.2, 0.25) is 5.91 Å². The molecular weight excluding hydrogens is 598 g/mol. The standard InChI is InChI=1S/C33H30BrN3O3S/c1-3-30(33(40)36-28-15-8-7-10-22(28)2)41-27-14-9-13-26(21-27)35-32(39)29(20-23-16-18-25(34)19-17-23)37-31(38)24-11-5-4-6-12-24/h4-21,30H,3H2,1-2H3,(H,35,39)(H,36,40)(H,37,38)/b29-20-. The van der Waals surface area contributed by atoms with Gasteiger partial charge in [-0.15, -0.1) is 11.8 Å². The van der Waals surface area contributed by atoms with Crippen molar-refractivity contribution in [2.45, 2.75) is 30.4 Å². The molecule has 0 saturated carbocycles. The average Bonchev–Trinajstić information content (AvgIpc) is 2.98. The van der Waals surface area contributed by atoms with Crippen molar-refractivity contribution in [3.8, 4) is 0 Å². The van der Waals surface area contributed by atoms with E-state index in [2.05, 4.69) is 31.9 Å². The fourth-order valence-corrected chi connectivity index (χ4v) is 5.20. The summed E-state index contributed by atoms with van der Waals surface area (Å²) >= 11 is 4.85. The van der Waals surface area contributed by atoms with Crippen molar-refractivity contribution >= 4 is 62.9 Å². The maximum atomic E-state index is 13.4. The summed E-state index contributed by atoms with van der Waals surface area (Å²) < 4.78 is 0.904. The quantitative estimate of drug-likeness (QED) is 0.124. The molecule has 0 bridgehead atoms. The van der Waals surface area contributed by atoms with Crippen molar-refractivity contribution < 1.29 is 14.4 Å². The van der Waals surface area contributed by atoms with E-state index in [9.17, 15) is 14.4 Å². The van der Waals surface area contributed by atoms with Crippen LogP contribution in [0.1, 0.15) is 34.8 Å². The summed E-state index contributed by atoms with van der Waals surface area (Å²) in [6, 6.07) is 31.1. The lowest BCUT2D eigenvalue weighted by molar-refractivity contribution is -0.116. The molecule has 208 valence electrons. The third kappa shape index (κ3) is 8.67. The number of para-hydroxylation sites is 1. The van der Waals surface area contributed by atoms with Crippen molar-refractivity contribution in [2.24, 2.45) is 0 Å². The average molecular weight is 629 g/mol. The van der Waals surface area contributed by atoms with Gasteiger partial charge in [-0.3, -0.25) is 14.4 Å². The molecule has 4 rings (SSSR count). The minimum atomic E-state index is -0.469. The summed E-state index contributed by atoms with van der Waals surface area (Å²) in [6.07, 6.45) is 2.26. The van der Waals surface area contributed by atoms with E-state index in [-0.39, 0.29) is 22.8 Å². The van der Waals surface area contributed by atoms with Gasteiger partial charge in [0.05, 0.1) is 5.25 Å². The largest absolute Gasteiger partial charge is 0.325 e. The number of thioether (sulfide) groups is 1. The van der Waals surface area contributed by atoms with Gasteiger partial charge in [0.1, 0.15) is 5.70 Å². The zero-order valence-corrected chi connectivity index (χ0v) is 25.1. The Bertz CT molecular complexity index is 1560. The van der Waals surface area contributed by atoms with Crippen molar-refractivity contribution in [2.75, 3.05) is 10.6 Å². The van der Waals surface area contributed by atoms with Crippen LogP contribution in [-0.4, -0.2) is 23.0 Å². The zero-order chi connectivity index (χ0) is 29.2. The van der Waals surface area contributed by atoms with Gasteiger partial charge in [-0.1, -0.05) is 77.5 Å². The maximum Gasteiger partial charge on any atom is 0.272 e. The summed E-state index contributed by atoms with van der Waals surface area (Å²) in [5, 5.41) is 8.35. The Labute approximate surface area is 252 Å². The predicted octanol–water partition coefficient (Wildman–Crippen LogP) is 7.68. The SMILES string of the molecule is CCC(Sc1cccc(NC(=O)/C(=C/c2ccc(Br)cc2)NC(=O)c2ccccc2)c1)C(=O)Nc1ccccc1C. The molecule has 0 aromatic heterocycles. The topological polar surface area (TPSA) is 87.3 Å². The molecule has 3 N–H and O–H groups in total. The molecule has 1 unspecified atom stereocenters. The van der Waals surface area contributed by atoms with Crippen molar-refractivity contribution in [1.82, 2.24) is 5.32 Å². The first kappa shape index (κ1) is 29.8. The molecule has 0 fully saturated rings. The lowest BCUT2D eigenvalue weighted by Gasteiger charge is -2.17. The summed E-state index contributed by atoms with van der Waals surface area (Å²) in [5.74, 6) is -0.938. The van der Waals surface area contributed by atoms with E-state index in [1.54, 1.807) is 36.4 Å². The van der Waals surface area contributed by atoms with Crippen molar-refractivity contribution in [1.29, 1.82) is 0 Å². The fourth-order valence-electron chi connectivity index (χ4n) is 3.93. The first-order valence-electron chi connectivity index (χ1n) is 13.1. The second kappa shape index (κ2) is 14.5. The Morgan fingerprint density at radius 2 is 1.56 bits per heavy atom. The highest BCUT2D eigenvalue weighted by molar-refractivity contribution is 9.10. The van der Waals surface area contributed by atoms with Gasteiger partial charge < -0.3 is 16.0 Å². The van der Waals surface area contributed by atoms with Crippen LogP contribution < -0.4 is 16.0 Å². The molecule has 4 aromatic carbocycles. The third-order valence-electron chi connectivity index (χ3n) is 6.15. The molecule has 0 saturated heterocycles. The molecule has 0 heterocycles. The number of halogens is 1. The Morgan fingerprint density at radius 1 is 0.854 bits per heavy atom. The molecule has 0 spiro atoms. The minimum absolute atomic E-state index is 0.0791. The van der Waals surface area contributed by atoms with E-state index >= 15 is 0 Å². The number of hydrogen-bond acceptors (Lipinski definition) is 4. The van der Waals surface area contributed by atoms with Crippen LogP contribution in [0.5, 0.6) is 0 Å². The number of carbonyl (C=O) groups is 3. The van der Waals surface area contributed by atoms with Gasteiger partial charge in [-0.2, -0.15) is 0 Å². The van der Waals surface area contributed by atoms with E-state index in [0.29, 0.717) is 17.7 Å². The Hall–Kier alpha value is -4.14. The van der Waals surface area contributed by atoms with Gasteiger partial charge in [-0.25, -0.2) is 0 Å². The highest BCUT2D eigenvalue weighted by Crippen LogP contribution is 2.29. The van der Waals surface area contributed by atoms with Crippen LogP contribution in [0, 0.1) is 6.92 Å². The number of carbonyl (C=O) groups excluding carboxylic acids is 3. The van der Waals surface area contributed by atoms with Crippen LogP contribution in [0.4, 0.5) is 11.4 Å². The summed E-state index contributed by atoms with van der Waals surface area (Å²) in [5.41, 5.74) is 3.63. The van der Waals surface area contributed by atoms with Gasteiger partial charge in [0, 0.05) is 26.3 Å². The van der Waals surface area contributed by atoms with Crippen LogP contribution in [-0.2, 0) is 9.59 Å². The molecule has 0 aliphatic heterocycles. The maximum absolute atomic E-state index is 13.4. The van der Waals surface area contributed by atoms with Crippen LogP contribution in [0.15, 0.2) is 118 Å².